The van der Waals surface area contributed by atoms with Crippen LogP contribution in [0.25, 0.3) is 0 Å². The van der Waals surface area contributed by atoms with E-state index in [1.165, 1.54) is 0 Å². The predicted molar refractivity (Wildman–Crippen MR) is 83.4 cm³/mol. The second-order valence-corrected chi connectivity index (χ2v) is 7.97. The van der Waals surface area contributed by atoms with E-state index in [0.717, 1.165) is 12.8 Å². The first-order chi connectivity index (χ1) is 9.65. The molecule has 0 aliphatic rings. The molecular formula is C14H28N2O4S. The molecule has 0 spiro atoms. The lowest BCUT2D eigenvalue weighted by atomic mass is 10.2. The third-order valence-corrected chi connectivity index (χ3v) is 5.60. The van der Waals surface area contributed by atoms with Crippen molar-refractivity contribution in [1.29, 1.82) is 0 Å². The Bertz CT molecular complexity index is 440. The average Bonchev–Trinajstić information content (AvgIpc) is 2.37. The largest absolute Gasteiger partial charge is 0.368 e. The molecule has 0 fully saturated rings. The lowest BCUT2D eigenvalue weighted by molar-refractivity contribution is -0.128. The standard InChI is InChI=1S/C14H28N2O4S/c1-5-7-11(8-6-2)21(19,20)9-12(13(15)17)16-14(18)10(3)4/h10-12H,5-9H2,1-4H3,(H2,15,17)(H,16,18)/t12-/m1/s1. The maximum absolute atomic E-state index is 12.4. The molecule has 1 atom stereocenters. The topological polar surface area (TPSA) is 106 Å². The molecular weight excluding hydrogens is 292 g/mol. The SMILES string of the molecule is CCCC(CCC)S(=O)(=O)C[C@@H](NC(=O)C(C)C)C(N)=O. The highest BCUT2D eigenvalue weighted by molar-refractivity contribution is 7.92. The summed E-state index contributed by atoms with van der Waals surface area (Å²) in [6.07, 6.45) is 2.62. The lowest BCUT2D eigenvalue weighted by Gasteiger charge is -2.21. The van der Waals surface area contributed by atoms with Crippen LogP contribution in [0.1, 0.15) is 53.4 Å². The van der Waals surface area contributed by atoms with Crippen molar-refractivity contribution in [1.82, 2.24) is 5.32 Å². The maximum Gasteiger partial charge on any atom is 0.241 e. The van der Waals surface area contributed by atoms with E-state index in [0.29, 0.717) is 12.8 Å². The highest BCUT2D eigenvalue weighted by atomic mass is 32.2. The minimum Gasteiger partial charge on any atom is -0.368 e. The van der Waals surface area contributed by atoms with E-state index in [2.05, 4.69) is 5.32 Å². The van der Waals surface area contributed by atoms with Gasteiger partial charge in [-0.25, -0.2) is 8.42 Å². The summed E-state index contributed by atoms with van der Waals surface area (Å²) in [5.41, 5.74) is 5.22. The van der Waals surface area contributed by atoms with Crippen molar-refractivity contribution in [2.45, 2.75) is 64.7 Å². The van der Waals surface area contributed by atoms with Crippen molar-refractivity contribution >= 4 is 21.7 Å². The highest BCUT2D eigenvalue weighted by Crippen LogP contribution is 2.16. The van der Waals surface area contributed by atoms with Gasteiger partial charge in [0.15, 0.2) is 9.84 Å². The van der Waals surface area contributed by atoms with Crippen molar-refractivity contribution in [3.05, 3.63) is 0 Å². The fourth-order valence-electron chi connectivity index (χ4n) is 2.05. The number of amides is 2. The molecule has 21 heavy (non-hydrogen) atoms. The van der Waals surface area contributed by atoms with Gasteiger partial charge >= 0.3 is 0 Å². The molecule has 0 bridgehead atoms. The summed E-state index contributed by atoms with van der Waals surface area (Å²) in [4.78, 5) is 23.1. The van der Waals surface area contributed by atoms with Gasteiger partial charge in [0.2, 0.25) is 11.8 Å². The highest BCUT2D eigenvalue weighted by Gasteiger charge is 2.31. The smallest absolute Gasteiger partial charge is 0.241 e. The van der Waals surface area contributed by atoms with Crippen LogP contribution >= 0.6 is 0 Å². The number of carbonyl (C=O) groups is 2. The van der Waals surface area contributed by atoms with Crippen LogP contribution in [0.3, 0.4) is 0 Å². The van der Waals surface area contributed by atoms with Crippen LogP contribution in [-0.2, 0) is 19.4 Å². The van der Waals surface area contributed by atoms with Gasteiger partial charge in [-0.3, -0.25) is 9.59 Å². The van der Waals surface area contributed by atoms with Crippen molar-refractivity contribution < 1.29 is 18.0 Å². The third kappa shape index (κ3) is 6.93. The molecule has 0 saturated heterocycles. The fourth-order valence-corrected chi connectivity index (χ4v) is 4.22. The molecule has 0 unspecified atom stereocenters. The van der Waals surface area contributed by atoms with Crippen LogP contribution in [0.15, 0.2) is 0 Å². The summed E-state index contributed by atoms with van der Waals surface area (Å²) in [6, 6.07) is -1.17. The van der Waals surface area contributed by atoms with Gasteiger partial charge in [-0.15, -0.1) is 0 Å². The van der Waals surface area contributed by atoms with Crippen LogP contribution < -0.4 is 11.1 Å². The molecule has 3 N–H and O–H groups in total. The number of nitrogens with two attached hydrogens (primary N) is 1. The summed E-state index contributed by atoms with van der Waals surface area (Å²) in [7, 11) is -3.48. The van der Waals surface area contributed by atoms with Gasteiger partial charge in [0.25, 0.3) is 0 Å². The molecule has 6 nitrogen and oxygen atoms in total. The van der Waals surface area contributed by atoms with Gasteiger partial charge < -0.3 is 11.1 Å². The van der Waals surface area contributed by atoms with E-state index in [9.17, 15) is 18.0 Å². The van der Waals surface area contributed by atoms with E-state index in [1.54, 1.807) is 13.8 Å². The monoisotopic (exact) mass is 320 g/mol. The molecule has 124 valence electrons. The Morgan fingerprint density at radius 1 is 1.10 bits per heavy atom. The molecule has 0 aromatic carbocycles. The molecule has 0 aromatic heterocycles. The van der Waals surface area contributed by atoms with E-state index >= 15 is 0 Å². The quantitative estimate of drug-likeness (QED) is 0.626. The zero-order valence-electron chi connectivity index (χ0n) is 13.4. The molecule has 0 rings (SSSR count). The molecule has 0 saturated carbocycles. The lowest BCUT2D eigenvalue weighted by Crippen LogP contribution is -2.50. The maximum atomic E-state index is 12.4. The Labute approximate surface area is 127 Å². The Hall–Kier alpha value is -1.11. The normalized spacial score (nSPS) is 13.4. The minimum absolute atomic E-state index is 0.336. The molecule has 7 heteroatoms. The molecule has 0 aliphatic carbocycles. The van der Waals surface area contributed by atoms with E-state index in [4.69, 9.17) is 5.73 Å². The van der Waals surface area contributed by atoms with Crippen molar-refractivity contribution in [2.75, 3.05) is 5.75 Å². The van der Waals surface area contributed by atoms with Crippen LogP contribution in [0.2, 0.25) is 0 Å². The van der Waals surface area contributed by atoms with Crippen molar-refractivity contribution in [2.24, 2.45) is 11.7 Å². The summed E-state index contributed by atoms with van der Waals surface area (Å²) < 4.78 is 24.8. The Balaban J connectivity index is 5.04. The number of rotatable bonds is 10. The van der Waals surface area contributed by atoms with Crippen molar-refractivity contribution in [3.8, 4) is 0 Å². The third-order valence-electron chi connectivity index (χ3n) is 3.31. The van der Waals surface area contributed by atoms with Gasteiger partial charge in [0, 0.05) is 5.92 Å². The number of primary amides is 1. The summed E-state index contributed by atoms with van der Waals surface area (Å²) in [6.45, 7) is 7.17. The van der Waals surface area contributed by atoms with E-state index in [-0.39, 0.29) is 11.8 Å². The number of sulfone groups is 1. The van der Waals surface area contributed by atoms with E-state index in [1.807, 2.05) is 13.8 Å². The summed E-state index contributed by atoms with van der Waals surface area (Å²) in [5, 5.41) is 1.94. The summed E-state index contributed by atoms with van der Waals surface area (Å²) >= 11 is 0. The second-order valence-electron chi connectivity index (χ2n) is 5.65. The first kappa shape index (κ1) is 19.9. The van der Waals surface area contributed by atoms with Gasteiger partial charge in [-0.2, -0.15) is 0 Å². The fraction of sp³-hybridized carbons (Fsp3) is 0.857. The van der Waals surface area contributed by atoms with Gasteiger partial charge in [-0.05, 0) is 12.8 Å². The second kappa shape index (κ2) is 9.02. The molecule has 0 aromatic rings. The zero-order valence-corrected chi connectivity index (χ0v) is 14.2. The molecule has 2 amide bonds. The number of hydrogen-bond donors (Lipinski definition) is 2. The summed E-state index contributed by atoms with van der Waals surface area (Å²) in [5.74, 6) is -1.96. The number of hydrogen-bond acceptors (Lipinski definition) is 4. The molecule has 0 aliphatic heterocycles. The van der Waals surface area contributed by atoms with Crippen molar-refractivity contribution in [3.63, 3.8) is 0 Å². The van der Waals surface area contributed by atoms with E-state index < -0.39 is 32.8 Å². The molecule has 0 heterocycles. The Morgan fingerprint density at radius 2 is 1.57 bits per heavy atom. The first-order valence-corrected chi connectivity index (χ1v) is 9.18. The molecule has 0 radical (unpaired) electrons. The van der Waals surface area contributed by atoms with Crippen LogP contribution in [0.5, 0.6) is 0 Å². The van der Waals surface area contributed by atoms with Gasteiger partial charge in [0.05, 0.1) is 11.0 Å². The van der Waals surface area contributed by atoms with Crippen LogP contribution in [0.4, 0.5) is 0 Å². The average molecular weight is 320 g/mol. The zero-order chi connectivity index (χ0) is 16.6. The van der Waals surface area contributed by atoms with Crippen LogP contribution in [-0.4, -0.2) is 37.3 Å². The van der Waals surface area contributed by atoms with Crippen LogP contribution in [0, 0.1) is 5.92 Å². The number of carbonyl (C=O) groups excluding carboxylic acids is 2. The first-order valence-electron chi connectivity index (χ1n) is 7.46. The van der Waals surface area contributed by atoms with Gasteiger partial charge in [0.1, 0.15) is 6.04 Å². The Morgan fingerprint density at radius 3 is 1.90 bits per heavy atom. The number of nitrogens with one attached hydrogen (secondary N) is 1. The Kier molecular flexibility index (Phi) is 8.54. The van der Waals surface area contributed by atoms with Gasteiger partial charge in [-0.1, -0.05) is 40.5 Å². The predicted octanol–water partition coefficient (Wildman–Crippen LogP) is 0.996. The minimum atomic E-state index is -3.48.